The minimum Gasteiger partial charge on any atom is -0.477 e. The number of hydrogen-bond donors (Lipinski definition) is 2. The van der Waals surface area contributed by atoms with Gasteiger partial charge in [0.05, 0.1) is 0 Å². The monoisotopic (exact) mass is 225 g/mol. The lowest BCUT2D eigenvalue weighted by Gasteiger charge is -2.25. The van der Waals surface area contributed by atoms with Gasteiger partial charge in [0.25, 0.3) is 5.72 Å². The molecule has 0 bridgehead atoms. The van der Waals surface area contributed by atoms with E-state index in [1.807, 2.05) is 0 Å². The van der Waals surface area contributed by atoms with E-state index in [0.29, 0.717) is 18.7 Å². The maximum Gasteiger partial charge on any atom is 0.363 e. The average Bonchev–Trinajstić information content (AvgIpc) is 2.71. The van der Waals surface area contributed by atoms with Crippen LogP contribution in [-0.2, 0) is 4.79 Å². The summed E-state index contributed by atoms with van der Waals surface area (Å²) in [5.41, 5.74) is -1.36. The van der Waals surface area contributed by atoms with Gasteiger partial charge in [-0.15, -0.1) is 0 Å². The lowest BCUT2D eigenvalue weighted by atomic mass is 10.1. The minimum atomic E-state index is -1.36. The fourth-order valence-corrected chi connectivity index (χ4v) is 1.73. The third-order valence-corrected chi connectivity index (χ3v) is 2.57. The van der Waals surface area contributed by atoms with Crippen LogP contribution in [-0.4, -0.2) is 23.3 Å². The van der Waals surface area contributed by atoms with Crippen LogP contribution in [0.1, 0.15) is 12.8 Å². The second kappa shape index (κ2) is 4.09. The number of hydrogen-bond acceptors (Lipinski definition) is 3. The van der Waals surface area contributed by atoms with E-state index in [-0.39, 0.29) is 5.82 Å². The molecule has 0 spiro atoms. The highest BCUT2D eigenvalue weighted by Crippen LogP contribution is 2.25. The molecule has 1 atom stereocenters. The number of rotatable bonds is 3. The topological polar surface area (TPSA) is 58.6 Å². The van der Waals surface area contributed by atoms with Crippen LogP contribution in [0.4, 0.5) is 4.39 Å². The largest absolute Gasteiger partial charge is 0.477 e. The molecule has 2 N–H and O–H groups in total. The molecular weight excluding hydrogens is 213 g/mol. The third kappa shape index (κ3) is 1.99. The first-order valence-corrected chi connectivity index (χ1v) is 5.05. The van der Waals surface area contributed by atoms with E-state index in [9.17, 15) is 9.18 Å². The van der Waals surface area contributed by atoms with E-state index in [0.717, 1.165) is 6.42 Å². The highest BCUT2D eigenvalue weighted by molar-refractivity contribution is 5.77. The Kier molecular flexibility index (Phi) is 2.78. The molecule has 1 aromatic carbocycles. The summed E-state index contributed by atoms with van der Waals surface area (Å²) < 4.78 is 18.1. The smallest absolute Gasteiger partial charge is 0.363 e. The van der Waals surface area contributed by atoms with Gasteiger partial charge in [-0.25, -0.2) is 9.18 Å². The average molecular weight is 225 g/mol. The molecule has 0 aromatic heterocycles. The summed E-state index contributed by atoms with van der Waals surface area (Å²) in [5.74, 6) is -1.08. The first-order chi connectivity index (χ1) is 7.62. The Morgan fingerprint density at radius 3 is 2.62 bits per heavy atom. The SMILES string of the molecule is O=C(O)[C@]1(Oc2ccc(F)cc2)CCCN1. The summed E-state index contributed by atoms with van der Waals surface area (Å²) in [4.78, 5) is 11.1. The Labute approximate surface area is 92.0 Å². The number of carboxylic acid groups (broad SMARTS) is 1. The molecule has 1 aromatic rings. The maximum absolute atomic E-state index is 12.7. The van der Waals surface area contributed by atoms with Gasteiger partial charge in [0, 0.05) is 6.42 Å². The van der Waals surface area contributed by atoms with Gasteiger partial charge in [0.2, 0.25) is 0 Å². The molecule has 1 aliphatic heterocycles. The van der Waals surface area contributed by atoms with Crippen molar-refractivity contribution in [2.24, 2.45) is 0 Å². The number of benzene rings is 1. The Morgan fingerprint density at radius 1 is 1.44 bits per heavy atom. The highest BCUT2D eigenvalue weighted by Gasteiger charge is 2.43. The third-order valence-electron chi connectivity index (χ3n) is 2.57. The van der Waals surface area contributed by atoms with Gasteiger partial charge in [-0.1, -0.05) is 0 Å². The van der Waals surface area contributed by atoms with E-state index in [4.69, 9.17) is 9.84 Å². The van der Waals surface area contributed by atoms with Crippen molar-refractivity contribution < 1.29 is 19.0 Å². The van der Waals surface area contributed by atoms with E-state index in [2.05, 4.69) is 5.32 Å². The molecule has 0 radical (unpaired) electrons. The molecule has 2 rings (SSSR count). The molecule has 5 heteroatoms. The van der Waals surface area contributed by atoms with E-state index in [1.54, 1.807) is 0 Å². The highest BCUT2D eigenvalue weighted by atomic mass is 19.1. The van der Waals surface area contributed by atoms with Crippen LogP contribution >= 0.6 is 0 Å². The second-order valence-electron chi connectivity index (χ2n) is 3.72. The fraction of sp³-hybridized carbons (Fsp3) is 0.364. The molecule has 0 aliphatic carbocycles. The number of aliphatic carboxylic acids is 1. The molecule has 1 fully saturated rings. The summed E-state index contributed by atoms with van der Waals surface area (Å²) >= 11 is 0. The molecule has 1 saturated heterocycles. The minimum absolute atomic E-state index is 0.346. The van der Waals surface area contributed by atoms with Crippen molar-refractivity contribution in [1.29, 1.82) is 0 Å². The van der Waals surface area contributed by atoms with E-state index in [1.165, 1.54) is 24.3 Å². The predicted octanol–water partition coefficient (Wildman–Crippen LogP) is 1.37. The fourth-order valence-electron chi connectivity index (χ4n) is 1.73. The van der Waals surface area contributed by atoms with Crippen molar-refractivity contribution in [1.82, 2.24) is 5.32 Å². The van der Waals surface area contributed by atoms with Gasteiger partial charge in [0.15, 0.2) is 0 Å². The van der Waals surface area contributed by atoms with Crippen LogP contribution in [0.3, 0.4) is 0 Å². The second-order valence-corrected chi connectivity index (χ2v) is 3.72. The van der Waals surface area contributed by atoms with Crippen LogP contribution in [0.5, 0.6) is 5.75 Å². The van der Waals surface area contributed by atoms with Gasteiger partial charge in [-0.3, -0.25) is 5.32 Å². The van der Waals surface area contributed by atoms with Gasteiger partial charge in [0.1, 0.15) is 11.6 Å². The molecule has 1 aliphatic rings. The van der Waals surface area contributed by atoms with Crippen LogP contribution in [0, 0.1) is 5.82 Å². The van der Waals surface area contributed by atoms with E-state index >= 15 is 0 Å². The van der Waals surface area contributed by atoms with Crippen LogP contribution in [0.15, 0.2) is 24.3 Å². The van der Waals surface area contributed by atoms with Crippen LogP contribution in [0.25, 0.3) is 0 Å². The predicted molar refractivity (Wildman–Crippen MR) is 54.6 cm³/mol. The quantitative estimate of drug-likeness (QED) is 0.815. The van der Waals surface area contributed by atoms with Gasteiger partial charge in [-0.05, 0) is 37.2 Å². The Morgan fingerprint density at radius 2 is 2.12 bits per heavy atom. The Bertz CT molecular complexity index is 385. The lowest BCUT2D eigenvalue weighted by molar-refractivity contribution is -0.157. The molecule has 1 heterocycles. The van der Waals surface area contributed by atoms with Crippen molar-refractivity contribution in [3.05, 3.63) is 30.1 Å². The number of carbonyl (C=O) groups is 1. The molecule has 4 nitrogen and oxygen atoms in total. The summed E-state index contributed by atoms with van der Waals surface area (Å²) in [7, 11) is 0. The first-order valence-electron chi connectivity index (χ1n) is 5.05. The van der Waals surface area contributed by atoms with Crippen molar-refractivity contribution >= 4 is 5.97 Å². The van der Waals surface area contributed by atoms with E-state index < -0.39 is 11.7 Å². The number of halogens is 1. The summed E-state index contributed by atoms with van der Waals surface area (Å²) in [6, 6.07) is 5.31. The van der Waals surface area contributed by atoms with Crippen molar-refractivity contribution in [2.75, 3.05) is 6.54 Å². The standard InChI is InChI=1S/C11H12FNO3/c12-8-2-4-9(5-3-8)16-11(10(14)15)6-1-7-13-11/h2-5,13H,1,6-7H2,(H,14,15)/t11-/m1/s1. The zero-order valence-electron chi connectivity index (χ0n) is 8.57. The van der Waals surface area contributed by atoms with Gasteiger partial charge < -0.3 is 9.84 Å². The zero-order chi connectivity index (χ0) is 11.6. The van der Waals surface area contributed by atoms with Crippen LogP contribution in [0.2, 0.25) is 0 Å². The van der Waals surface area contributed by atoms with Gasteiger partial charge >= 0.3 is 5.97 Å². The number of ether oxygens (including phenoxy) is 1. The number of nitrogens with one attached hydrogen (secondary N) is 1. The molecular formula is C11H12FNO3. The first kappa shape index (κ1) is 10.9. The lowest BCUT2D eigenvalue weighted by Crippen LogP contribution is -2.52. The molecule has 0 unspecified atom stereocenters. The van der Waals surface area contributed by atoms with Crippen molar-refractivity contribution in [3.63, 3.8) is 0 Å². The molecule has 86 valence electrons. The summed E-state index contributed by atoms with van der Waals surface area (Å²) in [6.45, 7) is 0.605. The number of carboxylic acids is 1. The Hall–Kier alpha value is -1.62. The molecule has 0 saturated carbocycles. The maximum atomic E-state index is 12.7. The summed E-state index contributed by atoms with van der Waals surface area (Å²) in [6.07, 6.45) is 1.15. The van der Waals surface area contributed by atoms with Gasteiger partial charge in [-0.2, -0.15) is 0 Å². The van der Waals surface area contributed by atoms with Crippen molar-refractivity contribution in [2.45, 2.75) is 18.6 Å². The molecule has 16 heavy (non-hydrogen) atoms. The van der Waals surface area contributed by atoms with Crippen LogP contribution < -0.4 is 10.1 Å². The normalized spacial score (nSPS) is 24.3. The zero-order valence-corrected chi connectivity index (χ0v) is 8.57. The summed E-state index contributed by atoms with van der Waals surface area (Å²) in [5, 5.41) is 11.9. The van der Waals surface area contributed by atoms with Crippen molar-refractivity contribution in [3.8, 4) is 5.75 Å². The molecule has 0 amide bonds. The Balaban J connectivity index is 2.18.